The second-order valence-electron chi connectivity index (χ2n) is 6.10. The Morgan fingerprint density at radius 2 is 2.26 bits per heavy atom. The Morgan fingerprint density at radius 1 is 1.43 bits per heavy atom. The monoisotopic (exact) mass is 333 g/mol. The zero-order chi connectivity index (χ0) is 16.4. The number of carbonyl (C=O) groups excluding carboxylic acids is 1. The van der Waals surface area contributed by atoms with Crippen LogP contribution in [-0.2, 0) is 0 Å². The zero-order valence-corrected chi connectivity index (χ0v) is 14.0. The highest BCUT2D eigenvalue weighted by atomic mass is 35.5. The molecule has 1 atom stereocenters. The maximum atomic E-state index is 12.6. The summed E-state index contributed by atoms with van der Waals surface area (Å²) < 4.78 is 5.37. The molecular weight excluding hydrogens is 314 g/mol. The SMILES string of the molecule is CC(C)c1cc([C@H]2CCCN2C(=O)Nc2cccc(Cl)c2)no1. The van der Waals surface area contributed by atoms with E-state index < -0.39 is 0 Å². The molecule has 0 aliphatic carbocycles. The Morgan fingerprint density at radius 3 is 2.96 bits per heavy atom. The number of hydrogen-bond donors (Lipinski definition) is 1. The number of halogens is 1. The lowest BCUT2D eigenvalue weighted by molar-refractivity contribution is 0.204. The second-order valence-corrected chi connectivity index (χ2v) is 6.54. The van der Waals surface area contributed by atoms with E-state index in [-0.39, 0.29) is 18.0 Å². The van der Waals surface area contributed by atoms with Crippen LogP contribution in [-0.4, -0.2) is 22.6 Å². The average molecular weight is 334 g/mol. The molecule has 6 heteroatoms. The van der Waals surface area contributed by atoms with E-state index in [9.17, 15) is 4.79 Å². The number of rotatable bonds is 3. The number of aromatic nitrogens is 1. The van der Waals surface area contributed by atoms with Gasteiger partial charge in [0.1, 0.15) is 11.5 Å². The number of nitrogens with one attached hydrogen (secondary N) is 1. The summed E-state index contributed by atoms with van der Waals surface area (Å²) in [4.78, 5) is 14.4. The minimum atomic E-state index is -0.135. The van der Waals surface area contributed by atoms with Gasteiger partial charge in [0.25, 0.3) is 0 Å². The molecule has 0 radical (unpaired) electrons. The van der Waals surface area contributed by atoms with Crippen LogP contribution in [0.1, 0.15) is 50.1 Å². The van der Waals surface area contributed by atoms with Gasteiger partial charge < -0.3 is 14.7 Å². The van der Waals surface area contributed by atoms with Gasteiger partial charge in [0.2, 0.25) is 0 Å². The fourth-order valence-electron chi connectivity index (χ4n) is 2.81. The normalized spacial score (nSPS) is 17.7. The summed E-state index contributed by atoms with van der Waals surface area (Å²) in [6, 6.07) is 8.93. The van der Waals surface area contributed by atoms with E-state index in [0.717, 1.165) is 24.3 Å². The lowest BCUT2D eigenvalue weighted by Crippen LogP contribution is -2.34. The summed E-state index contributed by atoms with van der Waals surface area (Å²) >= 11 is 5.96. The van der Waals surface area contributed by atoms with Crippen molar-refractivity contribution in [1.82, 2.24) is 10.1 Å². The lowest BCUT2D eigenvalue weighted by Gasteiger charge is -2.23. The Balaban J connectivity index is 1.74. The van der Waals surface area contributed by atoms with E-state index in [0.29, 0.717) is 17.3 Å². The number of benzene rings is 1. The van der Waals surface area contributed by atoms with Crippen molar-refractivity contribution >= 4 is 23.3 Å². The Kier molecular flexibility index (Phi) is 4.57. The molecule has 1 saturated heterocycles. The molecule has 1 fully saturated rings. The highest BCUT2D eigenvalue weighted by Crippen LogP contribution is 2.33. The van der Waals surface area contributed by atoms with E-state index in [1.807, 2.05) is 23.1 Å². The fourth-order valence-corrected chi connectivity index (χ4v) is 3.00. The summed E-state index contributed by atoms with van der Waals surface area (Å²) in [5, 5.41) is 7.65. The molecule has 23 heavy (non-hydrogen) atoms. The minimum absolute atomic E-state index is 0.0366. The number of urea groups is 1. The number of amides is 2. The molecule has 2 aromatic rings. The highest BCUT2D eigenvalue weighted by molar-refractivity contribution is 6.30. The van der Waals surface area contributed by atoms with E-state index in [1.165, 1.54) is 0 Å². The van der Waals surface area contributed by atoms with E-state index in [4.69, 9.17) is 16.1 Å². The predicted molar refractivity (Wildman–Crippen MR) is 89.7 cm³/mol. The Bertz CT molecular complexity index is 699. The first-order valence-electron chi connectivity index (χ1n) is 7.84. The molecular formula is C17H20ClN3O2. The van der Waals surface area contributed by atoms with Gasteiger partial charge in [-0.1, -0.05) is 36.7 Å². The van der Waals surface area contributed by atoms with Crippen molar-refractivity contribution in [2.45, 2.75) is 38.6 Å². The van der Waals surface area contributed by atoms with E-state index in [1.54, 1.807) is 12.1 Å². The van der Waals surface area contributed by atoms with Crippen LogP contribution in [0.3, 0.4) is 0 Å². The molecule has 2 heterocycles. The van der Waals surface area contributed by atoms with Crippen LogP contribution in [0, 0.1) is 0 Å². The smallest absolute Gasteiger partial charge is 0.322 e. The van der Waals surface area contributed by atoms with Crippen molar-refractivity contribution < 1.29 is 9.32 Å². The number of carbonyl (C=O) groups is 1. The number of nitrogens with zero attached hydrogens (tertiary/aromatic N) is 2. The van der Waals surface area contributed by atoms with Gasteiger partial charge in [0.05, 0.1) is 6.04 Å². The van der Waals surface area contributed by atoms with Crippen LogP contribution in [0.25, 0.3) is 0 Å². The molecule has 5 nitrogen and oxygen atoms in total. The third-order valence-corrected chi connectivity index (χ3v) is 4.28. The molecule has 1 aromatic carbocycles. The Labute approximate surface area is 140 Å². The van der Waals surface area contributed by atoms with Crippen molar-refractivity contribution in [2.24, 2.45) is 0 Å². The highest BCUT2D eigenvalue weighted by Gasteiger charge is 2.32. The van der Waals surface area contributed by atoms with Crippen LogP contribution < -0.4 is 5.32 Å². The number of likely N-dealkylation sites (tertiary alicyclic amines) is 1. The number of hydrogen-bond acceptors (Lipinski definition) is 3. The second kappa shape index (κ2) is 6.62. The van der Waals surface area contributed by atoms with Crippen molar-refractivity contribution in [3.8, 4) is 0 Å². The third-order valence-electron chi connectivity index (χ3n) is 4.05. The number of anilines is 1. The Hall–Kier alpha value is -2.01. The summed E-state index contributed by atoms with van der Waals surface area (Å²) in [6.07, 6.45) is 1.85. The van der Waals surface area contributed by atoms with Gasteiger partial charge in [-0.2, -0.15) is 0 Å². The van der Waals surface area contributed by atoms with Crippen LogP contribution in [0.5, 0.6) is 0 Å². The van der Waals surface area contributed by atoms with Gasteiger partial charge in [-0.05, 0) is 31.0 Å². The van der Waals surface area contributed by atoms with Crippen molar-refractivity contribution in [3.63, 3.8) is 0 Å². The molecule has 1 aromatic heterocycles. The van der Waals surface area contributed by atoms with Crippen molar-refractivity contribution in [2.75, 3.05) is 11.9 Å². The zero-order valence-electron chi connectivity index (χ0n) is 13.3. The first-order chi connectivity index (χ1) is 11.0. The van der Waals surface area contributed by atoms with Gasteiger partial charge in [0, 0.05) is 29.2 Å². The van der Waals surface area contributed by atoms with Crippen molar-refractivity contribution in [1.29, 1.82) is 0 Å². The molecule has 0 saturated carbocycles. The van der Waals surface area contributed by atoms with E-state index in [2.05, 4.69) is 24.3 Å². The molecule has 0 bridgehead atoms. The maximum Gasteiger partial charge on any atom is 0.322 e. The summed E-state index contributed by atoms with van der Waals surface area (Å²) in [5.41, 5.74) is 1.52. The van der Waals surface area contributed by atoms with Gasteiger partial charge in [0.15, 0.2) is 0 Å². The molecule has 122 valence electrons. The third kappa shape index (κ3) is 3.50. The van der Waals surface area contributed by atoms with E-state index >= 15 is 0 Å². The summed E-state index contributed by atoms with van der Waals surface area (Å²) in [5.74, 6) is 1.13. The van der Waals surface area contributed by atoms with Gasteiger partial charge in [-0.25, -0.2) is 4.79 Å². The quantitative estimate of drug-likeness (QED) is 0.876. The molecule has 3 rings (SSSR count). The molecule has 1 N–H and O–H groups in total. The topological polar surface area (TPSA) is 58.4 Å². The largest absolute Gasteiger partial charge is 0.361 e. The summed E-state index contributed by atoms with van der Waals surface area (Å²) in [7, 11) is 0. The molecule has 2 amide bonds. The van der Waals surface area contributed by atoms with Crippen LogP contribution >= 0.6 is 11.6 Å². The van der Waals surface area contributed by atoms with Gasteiger partial charge in [-0.3, -0.25) is 0 Å². The first-order valence-corrected chi connectivity index (χ1v) is 8.22. The fraction of sp³-hybridized carbons (Fsp3) is 0.412. The molecule has 0 spiro atoms. The van der Waals surface area contributed by atoms with Gasteiger partial charge >= 0.3 is 6.03 Å². The lowest BCUT2D eigenvalue weighted by atomic mass is 10.1. The first kappa shape index (κ1) is 15.9. The van der Waals surface area contributed by atoms with Crippen LogP contribution in [0.4, 0.5) is 10.5 Å². The van der Waals surface area contributed by atoms with Gasteiger partial charge in [-0.15, -0.1) is 0 Å². The minimum Gasteiger partial charge on any atom is -0.361 e. The maximum absolute atomic E-state index is 12.6. The summed E-state index contributed by atoms with van der Waals surface area (Å²) in [6.45, 7) is 4.83. The molecule has 0 unspecified atom stereocenters. The van der Waals surface area contributed by atoms with Crippen molar-refractivity contribution in [3.05, 3.63) is 46.8 Å². The average Bonchev–Trinajstić information content (AvgIpc) is 3.16. The molecule has 1 aliphatic heterocycles. The predicted octanol–water partition coefficient (Wildman–Crippen LogP) is 4.82. The standard InChI is InChI=1S/C17H20ClN3O2/c1-11(2)16-10-14(20-23-16)15-7-4-8-21(15)17(22)19-13-6-3-5-12(18)9-13/h3,5-6,9-11,15H,4,7-8H2,1-2H3,(H,19,22)/t15-/m1/s1. The molecule has 1 aliphatic rings. The van der Waals surface area contributed by atoms with Crippen LogP contribution in [0.15, 0.2) is 34.9 Å². The van der Waals surface area contributed by atoms with Crippen LogP contribution in [0.2, 0.25) is 5.02 Å².